The van der Waals surface area contributed by atoms with Crippen LogP contribution in [0.2, 0.25) is 0 Å². The third-order valence-electron chi connectivity index (χ3n) is 5.41. The molecule has 0 aromatic heterocycles. The van der Waals surface area contributed by atoms with E-state index in [2.05, 4.69) is 29.6 Å². The van der Waals surface area contributed by atoms with Crippen molar-refractivity contribution in [2.75, 3.05) is 24.6 Å². The maximum atomic E-state index is 12.2. The second-order valence-electron chi connectivity index (χ2n) is 9.46. The molecular formula is C21H28N4O4. The number of carbonyl (C=O) groups excluding carboxylic acids is 2. The molecule has 1 fully saturated rings. The van der Waals surface area contributed by atoms with Gasteiger partial charge >= 0.3 is 6.09 Å². The molecule has 3 aliphatic rings. The largest absolute Gasteiger partial charge is 0.483 e. The van der Waals surface area contributed by atoms with E-state index < -0.39 is 5.60 Å². The van der Waals surface area contributed by atoms with Gasteiger partial charge in [-0.2, -0.15) is 5.10 Å². The van der Waals surface area contributed by atoms with Gasteiger partial charge in [0.1, 0.15) is 24.0 Å². The Morgan fingerprint density at radius 3 is 2.79 bits per heavy atom. The Bertz CT molecular complexity index is 883. The summed E-state index contributed by atoms with van der Waals surface area (Å²) in [6.07, 6.45) is 0.559. The number of rotatable bonds is 2. The number of anilines is 1. The van der Waals surface area contributed by atoms with Gasteiger partial charge in [0.25, 0.3) is 5.91 Å². The van der Waals surface area contributed by atoms with Gasteiger partial charge in [0, 0.05) is 18.5 Å². The molecule has 0 bridgehead atoms. The number of fused-ring (bicyclic) bond motifs is 3. The number of amidine groups is 1. The molecule has 3 heterocycles. The second-order valence-corrected chi connectivity index (χ2v) is 9.46. The van der Waals surface area contributed by atoms with Crippen molar-refractivity contribution in [2.45, 2.75) is 52.7 Å². The summed E-state index contributed by atoms with van der Waals surface area (Å²) in [4.78, 5) is 28.0. The molecule has 0 spiro atoms. The van der Waals surface area contributed by atoms with Crippen molar-refractivity contribution in [3.63, 3.8) is 0 Å². The molecule has 2 amide bonds. The minimum atomic E-state index is -0.488. The molecule has 4 rings (SSSR count). The second kappa shape index (κ2) is 6.64. The first-order valence-electron chi connectivity index (χ1n) is 9.94. The van der Waals surface area contributed by atoms with Gasteiger partial charge in [0.15, 0.2) is 5.84 Å². The molecule has 0 aliphatic carbocycles. The van der Waals surface area contributed by atoms with Crippen molar-refractivity contribution in [1.29, 1.82) is 0 Å². The van der Waals surface area contributed by atoms with Crippen LogP contribution in [-0.4, -0.2) is 54.1 Å². The van der Waals surface area contributed by atoms with Crippen LogP contribution in [0.1, 0.15) is 40.2 Å². The summed E-state index contributed by atoms with van der Waals surface area (Å²) >= 11 is 0. The van der Waals surface area contributed by atoms with Gasteiger partial charge < -0.3 is 19.3 Å². The van der Waals surface area contributed by atoms with E-state index in [1.54, 1.807) is 4.90 Å². The molecule has 3 aliphatic heterocycles. The Labute approximate surface area is 170 Å². The van der Waals surface area contributed by atoms with Gasteiger partial charge in [-0.25, -0.2) is 10.2 Å². The summed E-state index contributed by atoms with van der Waals surface area (Å²) in [6, 6.07) is 5.73. The van der Waals surface area contributed by atoms with Crippen LogP contribution in [0.5, 0.6) is 5.75 Å². The van der Waals surface area contributed by atoms with Crippen LogP contribution in [0.4, 0.5) is 10.5 Å². The van der Waals surface area contributed by atoms with Crippen LogP contribution in [0.25, 0.3) is 0 Å². The van der Waals surface area contributed by atoms with E-state index >= 15 is 0 Å². The molecular weight excluding hydrogens is 372 g/mol. The summed E-state index contributed by atoms with van der Waals surface area (Å²) < 4.78 is 11.3. The average molecular weight is 400 g/mol. The van der Waals surface area contributed by atoms with Crippen LogP contribution in [0, 0.1) is 5.41 Å². The number of hydrogen-bond donors (Lipinski definition) is 1. The predicted octanol–water partition coefficient (Wildman–Crippen LogP) is 2.52. The topological polar surface area (TPSA) is 83.5 Å². The number of likely N-dealkylation sites (tertiary alicyclic amines) is 1. The zero-order chi connectivity index (χ0) is 21.0. The molecule has 0 saturated carbocycles. The normalized spacial score (nSPS) is 22.4. The minimum absolute atomic E-state index is 0.0114. The van der Waals surface area contributed by atoms with Crippen molar-refractivity contribution < 1.29 is 19.1 Å². The van der Waals surface area contributed by atoms with Crippen LogP contribution in [-0.2, 0) is 16.0 Å². The van der Waals surface area contributed by atoms with Crippen LogP contribution < -0.4 is 15.1 Å². The SMILES string of the molecule is C[C@@H]1C(=O)NN=C2COc3ccc(CC4(C)CN(C(=O)OC(C)(C)C)C4)cc3N21. The molecule has 8 heteroatoms. The number of carbonyl (C=O) groups is 2. The van der Waals surface area contributed by atoms with Crippen molar-refractivity contribution >= 4 is 23.5 Å². The van der Waals surface area contributed by atoms with Gasteiger partial charge in [-0.15, -0.1) is 0 Å². The first kappa shape index (κ1) is 19.5. The van der Waals surface area contributed by atoms with Crippen LogP contribution >= 0.6 is 0 Å². The van der Waals surface area contributed by atoms with E-state index in [4.69, 9.17) is 9.47 Å². The molecule has 0 unspecified atom stereocenters. The number of amides is 2. The zero-order valence-corrected chi connectivity index (χ0v) is 17.6. The number of ether oxygens (including phenoxy) is 2. The highest BCUT2D eigenvalue weighted by molar-refractivity contribution is 6.09. The molecule has 1 N–H and O–H groups in total. The predicted molar refractivity (Wildman–Crippen MR) is 109 cm³/mol. The summed E-state index contributed by atoms with van der Waals surface area (Å²) in [7, 11) is 0. The van der Waals surface area contributed by atoms with Crippen molar-refractivity contribution in [1.82, 2.24) is 10.3 Å². The molecule has 29 heavy (non-hydrogen) atoms. The lowest BCUT2D eigenvalue weighted by Crippen LogP contribution is -2.58. The number of hydrogen-bond acceptors (Lipinski definition) is 6. The van der Waals surface area contributed by atoms with E-state index in [-0.39, 0.29) is 23.5 Å². The molecule has 0 radical (unpaired) electrons. The lowest BCUT2D eigenvalue weighted by Gasteiger charge is -2.48. The number of hydrazone groups is 1. The molecule has 1 atom stereocenters. The molecule has 1 saturated heterocycles. The van der Waals surface area contributed by atoms with Gasteiger partial charge in [-0.1, -0.05) is 13.0 Å². The van der Waals surface area contributed by atoms with E-state index in [9.17, 15) is 9.59 Å². The van der Waals surface area contributed by atoms with Gasteiger partial charge in [-0.05, 0) is 51.8 Å². The zero-order valence-electron chi connectivity index (χ0n) is 17.6. The fourth-order valence-electron chi connectivity index (χ4n) is 4.12. The highest BCUT2D eigenvalue weighted by Gasteiger charge is 2.43. The molecule has 156 valence electrons. The molecule has 8 nitrogen and oxygen atoms in total. The maximum absolute atomic E-state index is 12.2. The molecule has 1 aromatic carbocycles. The first-order chi connectivity index (χ1) is 13.5. The van der Waals surface area contributed by atoms with Crippen molar-refractivity contribution in [3.8, 4) is 5.75 Å². The Kier molecular flexibility index (Phi) is 4.47. The van der Waals surface area contributed by atoms with Gasteiger partial charge in [0.2, 0.25) is 0 Å². The van der Waals surface area contributed by atoms with E-state index in [1.807, 2.05) is 38.7 Å². The highest BCUT2D eigenvalue weighted by atomic mass is 16.6. The Morgan fingerprint density at radius 1 is 1.38 bits per heavy atom. The third-order valence-corrected chi connectivity index (χ3v) is 5.41. The monoisotopic (exact) mass is 400 g/mol. The number of nitrogens with one attached hydrogen (secondary N) is 1. The maximum Gasteiger partial charge on any atom is 0.410 e. The average Bonchev–Trinajstić information content (AvgIpc) is 2.60. The van der Waals surface area contributed by atoms with E-state index in [0.29, 0.717) is 25.5 Å². The minimum Gasteiger partial charge on any atom is -0.483 e. The Balaban J connectivity index is 1.48. The summed E-state index contributed by atoms with van der Waals surface area (Å²) in [5.74, 6) is 1.32. The fourth-order valence-corrected chi connectivity index (χ4v) is 4.12. The summed E-state index contributed by atoms with van der Waals surface area (Å²) in [5, 5.41) is 4.13. The first-order valence-corrected chi connectivity index (χ1v) is 9.94. The highest BCUT2D eigenvalue weighted by Crippen LogP contribution is 2.39. The van der Waals surface area contributed by atoms with Crippen molar-refractivity contribution in [2.24, 2.45) is 10.5 Å². The fraction of sp³-hybridized carbons (Fsp3) is 0.571. The summed E-state index contributed by atoms with van der Waals surface area (Å²) in [6.45, 7) is 11.3. The number of nitrogens with zero attached hydrogens (tertiary/aromatic N) is 3. The Morgan fingerprint density at radius 2 is 2.10 bits per heavy atom. The molecule has 1 aromatic rings. The van der Waals surface area contributed by atoms with E-state index in [0.717, 1.165) is 23.4 Å². The van der Waals surface area contributed by atoms with Crippen LogP contribution in [0.15, 0.2) is 23.3 Å². The van der Waals surface area contributed by atoms with Gasteiger partial charge in [0.05, 0.1) is 5.69 Å². The van der Waals surface area contributed by atoms with Crippen molar-refractivity contribution in [3.05, 3.63) is 23.8 Å². The van der Waals surface area contributed by atoms with Gasteiger partial charge in [-0.3, -0.25) is 4.79 Å². The third kappa shape index (κ3) is 3.75. The Hall–Kier alpha value is -2.77. The summed E-state index contributed by atoms with van der Waals surface area (Å²) in [5.41, 5.74) is 4.04. The lowest BCUT2D eigenvalue weighted by molar-refractivity contribution is -0.122. The standard InChI is InChI=1S/C21H28N4O4/c1-13-18(26)23-22-17-10-28-16-7-6-14(8-15(16)25(13)17)9-21(5)11-24(12-21)19(27)29-20(2,3)4/h6-8,13H,9-12H2,1-5H3,(H,23,26)/t13-/m1/s1. The lowest BCUT2D eigenvalue weighted by atomic mass is 9.77. The van der Waals surface area contributed by atoms with E-state index in [1.165, 1.54) is 0 Å². The quantitative estimate of drug-likeness (QED) is 0.825. The van der Waals surface area contributed by atoms with Crippen LogP contribution in [0.3, 0.4) is 0 Å². The smallest absolute Gasteiger partial charge is 0.410 e. The number of benzene rings is 1.